The first-order valence-electron chi connectivity index (χ1n) is 7.19. The van der Waals surface area contributed by atoms with Crippen LogP contribution in [0.25, 0.3) is 0 Å². The van der Waals surface area contributed by atoms with Crippen LogP contribution in [0.15, 0.2) is 12.1 Å². The van der Waals surface area contributed by atoms with Crippen molar-refractivity contribution >= 4 is 17.4 Å². The second-order valence-electron chi connectivity index (χ2n) is 4.69. The molecule has 2 heterocycles. The third-order valence-electron chi connectivity index (χ3n) is 3.18. The first-order valence-corrected chi connectivity index (χ1v) is 7.19. The Morgan fingerprint density at radius 3 is 2.95 bits per heavy atom. The highest BCUT2D eigenvalue weighted by Gasteiger charge is 2.16. The molecule has 116 valence electrons. The van der Waals surface area contributed by atoms with Gasteiger partial charge in [-0.2, -0.15) is 4.98 Å². The molecule has 1 aliphatic rings. The molecule has 0 bridgehead atoms. The molecule has 0 atom stereocenters. The van der Waals surface area contributed by atoms with Gasteiger partial charge in [-0.15, -0.1) is 0 Å². The fraction of sp³-hybridized carbons (Fsp3) is 0.571. The molecule has 1 aliphatic heterocycles. The molecule has 3 N–H and O–H groups in total. The van der Waals surface area contributed by atoms with Gasteiger partial charge in [0.2, 0.25) is 11.8 Å². The maximum atomic E-state index is 12.0. The summed E-state index contributed by atoms with van der Waals surface area (Å²) in [5.41, 5.74) is 6.27. The zero-order valence-corrected chi connectivity index (χ0v) is 12.3. The van der Waals surface area contributed by atoms with E-state index in [-0.39, 0.29) is 5.91 Å². The Bertz CT molecular complexity index is 475. The van der Waals surface area contributed by atoms with Crippen LogP contribution in [0.5, 0.6) is 5.88 Å². The van der Waals surface area contributed by atoms with Crippen LogP contribution in [0.2, 0.25) is 0 Å². The van der Waals surface area contributed by atoms with E-state index in [4.69, 9.17) is 15.2 Å². The summed E-state index contributed by atoms with van der Waals surface area (Å²) in [4.78, 5) is 18.1. The van der Waals surface area contributed by atoms with Gasteiger partial charge in [0.25, 0.3) is 0 Å². The number of nitrogens with one attached hydrogen (secondary N) is 1. The molecule has 2 rings (SSSR count). The molecule has 0 radical (unpaired) electrons. The number of nitrogen functional groups attached to an aromatic ring is 1. The van der Waals surface area contributed by atoms with Crippen molar-refractivity contribution in [3.05, 3.63) is 12.1 Å². The largest absolute Gasteiger partial charge is 0.476 e. The first-order chi connectivity index (χ1) is 10.2. The smallest absolute Gasteiger partial charge is 0.239 e. The van der Waals surface area contributed by atoms with Crippen molar-refractivity contribution in [1.82, 2.24) is 9.88 Å². The zero-order valence-electron chi connectivity index (χ0n) is 12.3. The normalized spacial score (nSPS) is 14.8. The molecule has 1 aromatic rings. The lowest BCUT2D eigenvalue weighted by atomic mass is 10.3. The van der Waals surface area contributed by atoms with E-state index >= 15 is 0 Å². The summed E-state index contributed by atoms with van der Waals surface area (Å²) in [5, 5.41) is 3.12. The fourth-order valence-corrected chi connectivity index (χ4v) is 2.07. The van der Waals surface area contributed by atoms with Gasteiger partial charge < -0.3 is 25.4 Å². The van der Waals surface area contributed by atoms with Crippen molar-refractivity contribution in [2.45, 2.75) is 13.3 Å². The summed E-state index contributed by atoms with van der Waals surface area (Å²) >= 11 is 0. The van der Waals surface area contributed by atoms with E-state index in [0.717, 1.165) is 0 Å². The van der Waals surface area contributed by atoms with Crippen molar-refractivity contribution in [2.24, 2.45) is 0 Å². The van der Waals surface area contributed by atoms with Gasteiger partial charge in [0.15, 0.2) is 0 Å². The molecule has 1 saturated heterocycles. The Labute approximate surface area is 124 Å². The predicted octanol–water partition coefficient (Wildman–Crippen LogP) is 0.723. The van der Waals surface area contributed by atoms with Gasteiger partial charge in [-0.3, -0.25) is 4.79 Å². The van der Waals surface area contributed by atoms with E-state index in [2.05, 4.69) is 10.3 Å². The number of carbonyl (C=O) groups excluding carboxylic acids is 1. The molecule has 0 spiro atoms. The number of carbonyl (C=O) groups is 1. The number of anilines is 2. The first kappa shape index (κ1) is 15.4. The van der Waals surface area contributed by atoms with Gasteiger partial charge >= 0.3 is 0 Å². The summed E-state index contributed by atoms with van der Waals surface area (Å²) in [5.74, 6) is 1.20. The van der Waals surface area contributed by atoms with Crippen LogP contribution < -0.4 is 15.8 Å². The zero-order chi connectivity index (χ0) is 15.1. The average Bonchev–Trinajstić information content (AvgIpc) is 2.51. The van der Waals surface area contributed by atoms with Gasteiger partial charge in [0.05, 0.1) is 25.5 Å². The Kier molecular flexibility index (Phi) is 5.62. The summed E-state index contributed by atoms with van der Waals surface area (Å²) in [6.45, 7) is 5.50. The topological polar surface area (TPSA) is 89.7 Å². The van der Waals surface area contributed by atoms with E-state index in [1.807, 2.05) is 11.8 Å². The van der Waals surface area contributed by atoms with Crippen LogP contribution in [-0.4, -0.2) is 55.2 Å². The van der Waals surface area contributed by atoms with Crippen LogP contribution in [0.3, 0.4) is 0 Å². The van der Waals surface area contributed by atoms with Crippen molar-refractivity contribution in [3.63, 3.8) is 0 Å². The van der Waals surface area contributed by atoms with Crippen molar-refractivity contribution in [2.75, 3.05) is 50.5 Å². The highest BCUT2D eigenvalue weighted by molar-refractivity contribution is 5.76. The quantitative estimate of drug-likeness (QED) is 0.803. The molecular formula is C14H22N4O3. The maximum Gasteiger partial charge on any atom is 0.239 e. The molecule has 0 saturated carbocycles. The number of aromatic nitrogens is 1. The minimum atomic E-state index is 0.131. The van der Waals surface area contributed by atoms with E-state index < -0.39 is 0 Å². The molecule has 0 aliphatic carbocycles. The second kappa shape index (κ2) is 7.68. The second-order valence-corrected chi connectivity index (χ2v) is 4.69. The Balaban J connectivity index is 1.80. The number of hydrogen-bond donors (Lipinski definition) is 2. The third-order valence-corrected chi connectivity index (χ3v) is 3.18. The van der Waals surface area contributed by atoms with Crippen molar-refractivity contribution < 1.29 is 14.3 Å². The molecule has 21 heavy (non-hydrogen) atoms. The van der Waals surface area contributed by atoms with Crippen LogP contribution in [-0.2, 0) is 9.53 Å². The van der Waals surface area contributed by atoms with Gasteiger partial charge in [-0.1, -0.05) is 0 Å². The van der Waals surface area contributed by atoms with Crippen LogP contribution >= 0.6 is 0 Å². The van der Waals surface area contributed by atoms with Crippen LogP contribution in [0.4, 0.5) is 11.5 Å². The average molecular weight is 294 g/mol. The van der Waals surface area contributed by atoms with E-state index in [9.17, 15) is 4.79 Å². The van der Waals surface area contributed by atoms with Crippen LogP contribution in [0.1, 0.15) is 13.3 Å². The number of nitrogens with zero attached hydrogens (tertiary/aromatic N) is 2. The molecule has 7 nitrogen and oxygen atoms in total. The minimum Gasteiger partial charge on any atom is -0.476 e. The number of rotatable bonds is 6. The van der Waals surface area contributed by atoms with Gasteiger partial charge in [0, 0.05) is 26.1 Å². The number of pyridine rings is 1. The third kappa shape index (κ3) is 4.49. The Morgan fingerprint density at radius 1 is 1.48 bits per heavy atom. The standard InChI is InChI=1S/C14H22N4O3/c1-2-21-14-11(15)3-4-12(17-14)16-6-5-13(19)18-7-9-20-10-8-18/h3-4H,2,5-10,15H2,1H3,(H,16,17). The van der Waals surface area contributed by atoms with Crippen molar-refractivity contribution in [3.8, 4) is 5.88 Å². The Morgan fingerprint density at radius 2 is 2.24 bits per heavy atom. The molecule has 1 fully saturated rings. The van der Waals surface area contributed by atoms with E-state index in [1.54, 1.807) is 12.1 Å². The summed E-state index contributed by atoms with van der Waals surface area (Å²) in [6.07, 6.45) is 0.427. The monoisotopic (exact) mass is 294 g/mol. The molecule has 0 unspecified atom stereocenters. The van der Waals surface area contributed by atoms with E-state index in [1.165, 1.54) is 0 Å². The number of nitrogens with two attached hydrogens (primary N) is 1. The molecule has 1 amide bonds. The predicted molar refractivity (Wildman–Crippen MR) is 80.3 cm³/mol. The number of hydrogen-bond acceptors (Lipinski definition) is 6. The lowest BCUT2D eigenvalue weighted by Crippen LogP contribution is -2.41. The summed E-state index contributed by atoms with van der Waals surface area (Å²) in [7, 11) is 0. The summed E-state index contributed by atoms with van der Waals surface area (Å²) < 4.78 is 10.6. The molecule has 7 heteroatoms. The molecular weight excluding hydrogens is 272 g/mol. The lowest BCUT2D eigenvalue weighted by Gasteiger charge is -2.26. The van der Waals surface area contributed by atoms with Gasteiger partial charge in [0.1, 0.15) is 5.82 Å². The summed E-state index contributed by atoms with van der Waals surface area (Å²) in [6, 6.07) is 3.52. The minimum absolute atomic E-state index is 0.131. The number of ether oxygens (including phenoxy) is 2. The maximum absolute atomic E-state index is 12.0. The number of amides is 1. The lowest BCUT2D eigenvalue weighted by molar-refractivity contribution is -0.134. The van der Waals surface area contributed by atoms with Crippen molar-refractivity contribution in [1.29, 1.82) is 0 Å². The molecule has 0 aromatic carbocycles. The SMILES string of the molecule is CCOc1nc(NCCC(=O)N2CCOCC2)ccc1N. The van der Waals surface area contributed by atoms with Gasteiger partial charge in [-0.25, -0.2) is 0 Å². The fourth-order valence-electron chi connectivity index (χ4n) is 2.07. The molecule has 1 aromatic heterocycles. The van der Waals surface area contributed by atoms with Crippen LogP contribution in [0, 0.1) is 0 Å². The highest BCUT2D eigenvalue weighted by atomic mass is 16.5. The van der Waals surface area contributed by atoms with E-state index in [0.29, 0.717) is 63.3 Å². The number of morpholine rings is 1. The Hall–Kier alpha value is -2.02. The highest BCUT2D eigenvalue weighted by Crippen LogP contribution is 2.20. The van der Waals surface area contributed by atoms with Gasteiger partial charge in [-0.05, 0) is 19.1 Å².